The molecular formula is C13H15F2N3. The molecule has 1 heterocycles. The standard InChI is InChI=1S/C13H15F2N3/c1-8(2)13-9(6-16)7-17-18(13)12-4-3-10(14)5-11(12)15/h3-5,7-8H,6,16H2,1-2H3. The summed E-state index contributed by atoms with van der Waals surface area (Å²) in [5, 5.41) is 4.14. The maximum absolute atomic E-state index is 13.8. The second kappa shape index (κ2) is 4.86. The molecule has 1 aromatic carbocycles. The molecule has 0 saturated heterocycles. The molecule has 0 aliphatic rings. The molecule has 0 amide bonds. The van der Waals surface area contributed by atoms with Gasteiger partial charge in [0.2, 0.25) is 0 Å². The van der Waals surface area contributed by atoms with Gasteiger partial charge in [0.25, 0.3) is 0 Å². The number of nitrogens with zero attached hydrogens (tertiary/aromatic N) is 2. The van der Waals surface area contributed by atoms with Crippen molar-refractivity contribution in [2.75, 3.05) is 0 Å². The van der Waals surface area contributed by atoms with Crippen molar-refractivity contribution >= 4 is 0 Å². The SMILES string of the molecule is CC(C)c1c(CN)cnn1-c1ccc(F)cc1F. The first kappa shape index (κ1) is 12.7. The molecular weight excluding hydrogens is 236 g/mol. The summed E-state index contributed by atoms with van der Waals surface area (Å²) in [5.74, 6) is -1.09. The van der Waals surface area contributed by atoms with Crippen LogP contribution in [-0.2, 0) is 6.54 Å². The fraction of sp³-hybridized carbons (Fsp3) is 0.308. The van der Waals surface area contributed by atoms with E-state index >= 15 is 0 Å². The normalized spacial score (nSPS) is 11.2. The van der Waals surface area contributed by atoms with Crippen molar-refractivity contribution in [2.45, 2.75) is 26.3 Å². The highest BCUT2D eigenvalue weighted by Crippen LogP contribution is 2.24. The van der Waals surface area contributed by atoms with Crippen LogP contribution in [0, 0.1) is 11.6 Å². The van der Waals surface area contributed by atoms with Crippen LogP contribution in [0.1, 0.15) is 31.0 Å². The summed E-state index contributed by atoms with van der Waals surface area (Å²) in [5.41, 5.74) is 7.59. The number of rotatable bonds is 3. The number of nitrogens with two attached hydrogens (primary N) is 1. The van der Waals surface area contributed by atoms with Crippen LogP contribution in [0.15, 0.2) is 24.4 Å². The summed E-state index contributed by atoms with van der Waals surface area (Å²) in [6.45, 7) is 4.30. The Balaban J connectivity index is 2.60. The van der Waals surface area contributed by atoms with E-state index in [9.17, 15) is 8.78 Å². The Labute approximate surface area is 104 Å². The van der Waals surface area contributed by atoms with Crippen LogP contribution in [0.3, 0.4) is 0 Å². The van der Waals surface area contributed by atoms with Gasteiger partial charge >= 0.3 is 0 Å². The molecule has 18 heavy (non-hydrogen) atoms. The van der Waals surface area contributed by atoms with Gasteiger partial charge in [-0.3, -0.25) is 0 Å². The number of hydrogen-bond acceptors (Lipinski definition) is 2. The van der Waals surface area contributed by atoms with Gasteiger partial charge in [0.05, 0.1) is 11.9 Å². The van der Waals surface area contributed by atoms with Crippen molar-refractivity contribution in [3.63, 3.8) is 0 Å². The molecule has 0 unspecified atom stereocenters. The molecule has 5 heteroatoms. The van der Waals surface area contributed by atoms with E-state index in [0.29, 0.717) is 6.54 Å². The highest BCUT2D eigenvalue weighted by Gasteiger charge is 2.17. The van der Waals surface area contributed by atoms with Gasteiger partial charge in [-0.1, -0.05) is 13.8 Å². The van der Waals surface area contributed by atoms with Crippen molar-refractivity contribution in [3.8, 4) is 5.69 Å². The fourth-order valence-corrected chi connectivity index (χ4v) is 2.01. The molecule has 2 rings (SSSR count). The lowest BCUT2D eigenvalue weighted by atomic mass is 10.1. The Morgan fingerprint density at radius 3 is 2.61 bits per heavy atom. The van der Waals surface area contributed by atoms with Crippen LogP contribution >= 0.6 is 0 Å². The average Bonchev–Trinajstić information content (AvgIpc) is 2.72. The maximum atomic E-state index is 13.8. The summed E-state index contributed by atoms with van der Waals surface area (Å²) >= 11 is 0. The third-order valence-corrected chi connectivity index (χ3v) is 2.79. The van der Waals surface area contributed by atoms with Crippen LogP contribution < -0.4 is 5.73 Å². The van der Waals surface area contributed by atoms with Gasteiger partial charge in [-0.2, -0.15) is 5.10 Å². The van der Waals surface area contributed by atoms with E-state index in [-0.39, 0.29) is 11.6 Å². The highest BCUT2D eigenvalue weighted by atomic mass is 19.1. The molecule has 0 fully saturated rings. The van der Waals surface area contributed by atoms with Gasteiger partial charge in [-0.05, 0) is 18.1 Å². The van der Waals surface area contributed by atoms with E-state index in [1.165, 1.54) is 16.8 Å². The number of halogens is 2. The van der Waals surface area contributed by atoms with Crippen LogP contribution in [0.25, 0.3) is 5.69 Å². The van der Waals surface area contributed by atoms with Gasteiger partial charge < -0.3 is 5.73 Å². The molecule has 3 nitrogen and oxygen atoms in total. The molecule has 0 spiro atoms. The maximum Gasteiger partial charge on any atom is 0.151 e. The van der Waals surface area contributed by atoms with Gasteiger partial charge in [0, 0.05) is 18.2 Å². The molecule has 1 aromatic heterocycles. The second-order valence-electron chi connectivity index (χ2n) is 4.42. The lowest BCUT2D eigenvalue weighted by molar-refractivity contribution is 0.569. The van der Waals surface area contributed by atoms with Gasteiger partial charge in [0.15, 0.2) is 5.82 Å². The lowest BCUT2D eigenvalue weighted by Gasteiger charge is -2.12. The topological polar surface area (TPSA) is 43.8 Å². The van der Waals surface area contributed by atoms with Crippen molar-refractivity contribution < 1.29 is 8.78 Å². The largest absolute Gasteiger partial charge is 0.326 e. The van der Waals surface area contributed by atoms with Crippen LogP contribution in [0.5, 0.6) is 0 Å². The number of aromatic nitrogens is 2. The molecule has 2 N–H and O–H groups in total. The van der Waals surface area contributed by atoms with E-state index in [0.717, 1.165) is 17.3 Å². The Bertz CT molecular complexity index is 561. The Morgan fingerprint density at radius 1 is 1.33 bits per heavy atom. The quantitative estimate of drug-likeness (QED) is 0.911. The first-order chi connectivity index (χ1) is 8.54. The molecule has 0 atom stereocenters. The summed E-state index contributed by atoms with van der Waals surface area (Å²) < 4.78 is 28.2. The van der Waals surface area contributed by atoms with E-state index < -0.39 is 11.6 Å². The zero-order chi connectivity index (χ0) is 13.3. The van der Waals surface area contributed by atoms with Crippen molar-refractivity contribution in [1.29, 1.82) is 0 Å². The monoisotopic (exact) mass is 251 g/mol. The molecule has 96 valence electrons. The second-order valence-corrected chi connectivity index (χ2v) is 4.42. The summed E-state index contributed by atoms with van der Waals surface area (Å²) in [6.07, 6.45) is 1.62. The minimum atomic E-state index is -0.636. The van der Waals surface area contributed by atoms with Crippen LogP contribution in [0.2, 0.25) is 0 Å². The van der Waals surface area contributed by atoms with E-state index in [2.05, 4.69) is 5.10 Å². The summed E-state index contributed by atoms with van der Waals surface area (Å²) in [4.78, 5) is 0. The molecule has 2 aromatic rings. The smallest absolute Gasteiger partial charge is 0.151 e. The lowest BCUT2D eigenvalue weighted by Crippen LogP contribution is -2.09. The molecule has 0 aliphatic carbocycles. The number of hydrogen-bond donors (Lipinski definition) is 1. The predicted octanol–water partition coefficient (Wildman–Crippen LogP) is 2.73. The third-order valence-electron chi connectivity index (χ3n) is 2.79. The Morgan fingerprint density at radius 2 is 2.06 bits per heavy atom. The summed E-state index contributed by atoms with van der Waals surface area (Å²) in [6, 6.07) is 3.44. The first-order valence-corrected chi connectivity index (χ1v) is 5.77. The summed E-state index contributed by atoms with van der Waals surface area (Å²) in [7, 11) is 0. The zero-order valence-corrected chi connectivity index (χ0v) is 10.3. The van der Waals surface area contributed by atoms with Crippen molar-refractivity contribution in [1.82, 2.24) is 9.78 Å². The molecule has 0 bridgehead atoms. The van der Waals surface area contributed by atoms with Crippen LogP contribution in [-0.4, -0.2) is 9.78 Å². The fourth-order valence-electron chi connectivity index (χ4n) is 2.01. The van der Waals surface area contributed by atoms with Gasteiger partial charge in [-0.15, -0.1) is 0 Å². The average molecular weight is 251 g/mol. The predicted molar refractivity (Wildman–Crippen MR) is 65.5 cm³/mol. The highest BCUT2D eigenvalue weighted by molar-refractivity contribution is 5.37. The minimum absolute atomic E-state index is 0.149. The first-order valence-electron chi connectivity index (χ1n) is 5.77. The molecule has 0 aliphatic heterocycles. The Hall–Kier alpha value is -1.75. The molecule has 0 radical (unpaired) electrons. The number of benzene rings is 1. The van der Waals surface area contributed by atoms with Gasteiger partial charge in [0.1, 0.15) is 11.5 Å². The third kappa shape index (κ3) is 2.13. The van der Waals surface area contributed by atoms with Crippen molar-refractivity contribution in [3.05, 3.63) is 47.3 Å². The molecule has 0 saturated carbocycles. The Kier molecular flexibility index (Phi) is 3.43. The van der Waals surface area contributed by atoms with Gasteiger partial charge in [-0.25, -0.2) is 13.5 Å². The van der Waals surface area contributed by atoms with Crippen molar-refractivity contribution in [2.24, 2.45) is 5.73 Å². The van der Waals surface area contributed by atoms with E-state index in [1.54, 1.807) is 6.20 Å². The zero-order valence-electron chi connectivity index (χ0n) is 10.3. The van der Waals surface area contributed by atoms with E-state index in [4.69, 9.17) is 5.73 Å². The van der Waals surface area contributed by atoms with Crippen LogP contribution in [0.4, 0.5) is 8.78 Å². The van der Waals surface area contributed by atoms with E-state index in [1.807, 2.05) is 13.8 Å². The minimum Gasteiger partial charge on any atom is -0.326 e.